The fourth-order valence-electron chi connectivity index (χ4n) is 3.55. The van der Waals surface area contributed by atoms with E-state index in [9.17, 15) is 9.59 Å². The second-order valence-electron chi connectivity index (χ2n) is 6.48. The predicted octanol–water partition coefficient (Wildman–Crippen LogP) is 4.79. The van der Waals surface area contributed by atoms with Gasteiger partial charge in [-0.25, -0.2) is 0 Å². The average molecular weight is 368 g/mol. The second-order valence-corrected chi connectivity index (χ2v) is 6.92. The first kappa shape index (κ1) is 16.9. The highest BCUT2D eigenvalue weighted by Crippen LogP contribution is 2.38. The molecule has 0 spiro atoms. The SMILES string of the molecule is CCCCN1C(=O)c2oc3ccccc3c(=O)c2C1c1cccc(Cl)c1. The molecule has 0 bridgehead atoms. The molecule has 1 aliphatic heterocycles. The quantitative estimate of drug-likeness (QED) is 0.666. The molecule has 4 rings (SSSR count). The average Bonchev–Trinajstić information content (AvgIpc) is 2.93. The topological polar surface area (TPSA) is 50.5 Å². The van der Waals surface area contributed by atoms with Crippen LogP contribution in [0, 0.1) is 0 Å². The summed E-state index contributed by atoms with van der Waals surface area (Å²) in [6.45, 7) is 2.63. The molecule has 0 N–H and O–H groups in total. The van der Waals surface area contributed by atoms with Crippen LogP contribution in [0.15, 0.2) is 57.7 Å². The number of amides is 1. The number of nitrogens with zero attached hydrogens (tertiary/aromatic N) is 1. The lowest BCUT2D eigenvalue weighted by Crippen LogP contribution is -2.30. The summed E-state index contributed by atoms with van der Waals surface area (Å²) in [6.07, 6.45) is 1.80. The number of para-hydroxylation sites is 1. The molecule has 132 valence electrons. The van der Waals surface area contributed by atoms with Gasteiger partial charge in [0, 0.05) is 11.6 Å². The smallest absolute Gasteiger partial charge is 0.290 e. The van der Waals surface area contributed by atoms with Crippen LogP contribution in [0.1, 0.15) is 47.5 Å². The van der Waals surface area contributed by atoms with E-state index in [0.717, 1.165) is 18.4 Å². The minimum absolute atomic E-state index is 0.148. The van der Waals surface area contributed by atoms with Crippen molar-refractivity contribution in [2.75, 3.05) is 6.54 Å². The molecule has 2 aromatic carbocycles. The molecule has 4 nitrogen and oxygen atoms in total. The molecule has 0 fully saturated rings. The van der Waals surface area contributed by atoms with E-state index in [0.29, 0.717) is 28.1 Å². The van der Waals surface area contributed by atoms with Gasteiger partial charge in [-0.1, -0.05) is 49.2 Å². The van der Waals surface area contributed by atoms with E-state index in [2.05, 4.69) is 6.92 Å². The number of unbranched alkanes of at least 4 members (excludes halogenated alkanes) is 1. The van der Waals surface area contributed by atoms with Crippen molar-refractivity contribution in [1.29, 1.82) is 0 Å². The summed E-state index contributed by atoms with van der Waals surface area (Å²) in [4.78, 5) is 27.9. The van der Waals surface area contributed by atoms with Gasteiger partial charge < -0.3 is 9.32 Å². The lowest BCUT2D eigenvalue weighted by atomic mass is 9.98. The minimum atomic E-state index is -0.469. The van der Waals surface area contributed by atoms with Crippen molar-refractivity contribution in [3.8, 4) is 0 Å². The van der Waals surface area contributed by atoms with Crippen molar-refractivity contribution in [1.82, 2.24) is 4.90 Å². The monoisotopic (exact) mass is 367 g/mol. The highest BCUT2D eigenvalue weighted by Gasteiger charge is 2.42. The number of rotatable bonds is 4. The third-order valence-corrected chi connectivity index (χ3v) is 5.03. The Labute approximate surface area is 156 Å². The number of halogens is 1. The third-order valence-electron chi connectivity index (χ3n) is 4.79. The van der Waals surface area contributed by atoms with Gasteiger partial charge >= 0.3 is 0 Å². The molecular formula is C21H18ClNO3. The minimum Gasteiger partial charge on any atom is -0.450 e. The molecule has 2 heterocycles. The van der Waals surface area contributed by atoms with Gasteiger partial charge in [-0.3, -0.25) is 9.59 Å². The predicted molar refractivity (Wildman–Crippen MR) is 102 cm³/mol. The molecule has 1 atom stereocenters. The van der Waals surface area contributed by atoms with E-state index in [1.54, 1.807) is 35.2 Å². The molecule has 5 heteroatoms. The molecule has 0 radical (unpaired) electrons. The van der Waals surface area contributed by atoms with Gasteiger partial charge in [0.05, 0.1) is 17.0 Å². The Balaban J connectivity index is 1.97. The van der Waals surface area contributed by atoms with Gasteiger partial charge in [-0.2, -0.15) is 0 Å². The fourth-order valence-corrected chi connectivity index (χ4v) is 3.75. The molecule has 0 saturated carbocycles. The summed E-state index contributed by atoms with van der Waals surface area (Å²) in [7, 11) is 0. The van der Waals surface area contributed by atoms with Gasteiger partial charge in [0.2, 0.25) is 5.76 Å². The molecule has 1 aliphatic rings. The van der Waals surface area contributed by atoms with E-state index in [1.807, 2.05) is 18.2 Å². The summed E-state index contributed by atoms with van der Waals surface area (Å²) in [5, 5.41) is 1.06. The first-order valence-electron chi connectivity index (χ1n) is 8.74. The Hall–Kier alpha value is -2.59. The molecule has 1 amide bonds. The molecule has 0 aliphatic carbocycles. The van der Waals surface area contributed by atoms with E-state index in [4.69, 9.17) is 16.0 Å². The van der Waals surface area contributed by atoms with Gasteiger partial charge in [-0.15, -0.1) is 0 Å². The normalized spacial score (nSPS) is 16.3. The number of hydrogen-bond acceptors (Lipinski definition) is 3. The Morgan fingerprint density at radius 2 is 1.92 bits per heavy atom. The summed E-state index contributed by atoms with van der Waals surface area (Å²) in [6, 6.07) is 13.9. The second kappa shape index (κ2) is 6.61. The molecule has 1 aromatic heterocycles. The van der Waals surface area contributed by atoms with Crippen LogP contribution in [0.4, 0.5) is 0 Å². The van der Waals surface area contributed by atoms with Crippen molar-refractivity contribution in [3.05, 3.63) is 80.7 Å². The zero-order valence-corrected chi connectivity index (χ0v) is 15.1. The maximum atomic E-state index is 13.2. The largest absolute Gasteiger partial charge is 0.450 e. The summed E-state index contributed by atoms with van der Waals surface area (Å²) in [5.74, 6) is -0.0870. The standard InChI is InChI=1S/C21H18ClNO3/c1-2-3-11-23-18(13-7-6-8-14(22)12-13)17-19(24)15-9-4-5-10-16(15)26-20(17)21(23)25/h4-10,12,18H,2-3,11H2,1H3. The number of carbonyl (C=O) groups is 1. The van der Waals surface area contributed by atoms with Gasteiger partial charge in [0.1, 0.15) is 5.58 Å². The first-order valence-corrected chi connectivity index (χ1v) is 9.11. The maximum Gasteiger partial charge on any atom is 0.290 e. The first-order chi connectivity index (χ1) is 12.6. The Kier molecular flexibility index (Phi) is 4.29. The highest BCUT2D eigenvalue weighted by atomic mass is 35.5. The van der Waals surface area contributed by atoms with Crippen molar-refractivity contribution in [2.24, 2.45) is 0 Å². The summed E-state index contributed by atoms with van der Waals surface area (Å²) >= 11 is 6.17. The van der Waals surface area contributed by atoms with Crippen molar-refractivity contribution >= 4 is 28.5 Å². The van der Waals surface area contributed by atoms with Crippen LogP contribution in [-0.2, 0) is 0 Å². The van der Waals surface area contributed by atoms with Crippen LogP contribution >= 0.6 is 11.6 Å². The van der Waals surface area contributed by atoms with Crippen molar-refractivity contribution in [3.63, 3.8) is 0 Å². The Morgan fingerprint density at radius 1 is 1.12 bits per heavy atom. The molecule has 3 aromatic rings. The zero-order chi connectivity index (χ0) is 18.3. The highest BCUT2D eigenvalue weighted by molar-refractivity contribution is 6.30. The van der Waals surface area contributed by atoms with E-state index in [-0.39, 0.29) is 17.1 Å². The summed E-state index contributed by atoms with van der Waals surface area (Å²) < 4.78 is 5.87. The van der Waals surface area contributed by atoms with E-state index in [1.165, 1.54) is 0 Å². The van der Waals surface area contributed by atoms with Crippen LogP contribution in [0.2, 0.25) is 5.02 Å². The fraction of sp³-hybridized carbons (Fsp3) is 0.238. The Morgan fingerprint density at radius 3 is 2.69 bits per heavy atom. The third kappa shape index (κ3) is 2.61. The maximum absolute atomic E-state index is 13.2. The van der Waals surface area contributed by atoms with Crippen LogP contribution in [0.3, 0.4) is 0 Å². The number of fused-ring (bicyclic) bond motifs is 2. The van der Waals surface area contributed by atoms with Gasteiger partial charge in [-0.05, 0) is 36.2 Å². The van der Waals surface area contributed by atoms with Crippen LogP contribution in [0.5, 0.6) is 0 Å². The molecule has 0 saturated heterocycles. The zero-order valence-electron chi connectivity index (χ0n) is 14.4. The lowest BCUT2D eigenvalue weighted by Gasteiger charge is -2.25. The van der Waals surface area contributed by atoms with Crippen molar-refractivity contribution in [2.45, 2.75) is 25.8 Å². The number of benzene rings is 2. The number of carbonyl (C=O) groups excluding carboxylic acids is 1. The summed E-state index contributed by atoms with van der Waals surface area (Å²) in [5.41, 5.74) is 1.52. The van der Waals surface area contributed by atoms with Crippen LogP contribution < -0.4 is 5.43 Å². The molecule has 26 heavy (non-hydrogen) atoms. The lowest BCUT2D eigenvalue weighted by molar-refractivity contribution is 0.0725. The van der Waals surface area contributed by atoms with Crippen LogP contribution in [0.25, 0.3) is 11.0 Å². The van der Waals surface area contributed by atoms with E-state index >= 15 is 0 Å². The van der Waals surface area contributed by atoms with Crippen molar-refractivity contribution < 1.29 is 9.21 Å². The van der Waals surface area contributed by atoms with Crippen LogP contribution in [-0.4, -0.2) is 17.4 Å². The van der Waals surface area contributed by atoms with Gasteiger partial charge in [0.25, 0.3) is 5.91 Å². The van der Waals surface area contributed by atoms with Gasteiger partial charge in [0.15, 0.2) is 5.43 Å². The Bertz CT molecular complexity index is 1060. The number of hydrogen-bond donors (Lipinski definition) is 0. The molecular weight excluding hydrogens is 350 g/mol. The van der Waals surface area contributed by atoms with E-state index < -0.39 is 6.04 Å². The molecule has 1 unspecified atom stereocenters.